The summed E-state index contributed by atoms with van der Waals surface area (Å²) in [6, 6.07) is 3.62. The number of thioether (sulfide) groups is 1. The van der Waals surface area contributed by atoms with Crippen molar-refractivity contribution in [2.24, 2.45) is 0 Å². The maximum Gasteiger partial charge on any atom is 0.243 e. The molecule has 2 heterocycles. The van der Waals surface area contributed by atoms with Crippen LogP contribution in [0.15, 0.2) is 23.4 Å². The van der Waals surface area contributed by atoms with E-state index in [-0.39, 0.29) is 29.5 Å². The number of likely N-dealkylation sites (tertiary alicyclic amines) is 1. The monoisotopic (exact) mass is 291 g/mol. The zero-order valence-corrected chi connectivity index (χ0v) is 11.9. The van der Waals surface area contributed by atoms with E-state index in [1.165, 1.54) is 16.7 Å². The molecule has 0 radical (unpaired) electrons. The molecule has 2 N–H and O–H groups in total. The third-order valence-electron chi connectivity index (χ3n) is 3.89. The number of nitrogens with zero attached hydrogens (tertiary/aromatic N) is 2. The van der Waals surface area contributed by atoms with Gasteiger partial charge in [-0.2, -0.15) is 0 Å². The van der Waals surface area contributed by atoms with Crippen molar-refractivity contribution in [3.05, 3.63) is 18.3 Å². The Morgan fingerprint density at radius 1 is 1.30 bits per heavy atom. The van der Waals surface area contributed by atoms with Gasteiger partial charge < -0.3 is 5.73 Å². The SMILES string of the molecule is Nc1cccnc1SC1CC(=O)N(C2CCCC2)C1=O. The molecule has 0 spiro atoms. The molecule has 20 heavy (non-hydrogen) atoms. The minimum absolute atomic E-state index is 0.0473. The smallest absolute Gasteiger partial charge is 0.243 e. The summed E-state index contributed by atoms with van der Waals surface area (Å²) in [6.07, 6.45) is 6.01. The third-order valence-corrected chi connectivity index (χ3v) is 5.10. The van der Waals surface area contributed by atoms with Crippen molar-refractivity contribution in [2.75, 3.05) is 5.73 Å². The lowest BCUT2D eigenvalue weighted by Crippen LogP contribution is -2.39. The number of hydrogen-bond acceptors (Lipinski definition) is 5. The largest absolute Gasteiger partial charge is 0.397 e. The van der Waals surface area contributed by atoms with E-state index >= 15 is 0 Å². The predicted molar refractivity (Wildman–Crippen MR) is 77.0 cm³/mol. The Kier molecular flexibility index (Phi) is 3.65. The highest BCUT2D eigenvalue weighted by Crippen LogP contribution is 2.36. The number of carbonyl (C=O) groups is 2. The van der Waals surface area contributed by atoms with Crippen LogP contribution in [0.3, 0.4) is 0 Å². The molecule has 3 rings (SSSR count). The van der Waals surface area contributed by atoms with Gasteiger partial charge in [0.05, 0.1) is 10.9 Å². The molecule has 1 unspecified atom stereocenters. The molecule has 1 aliphatic heterocycles. The fraction of sp³-hybridized carbons (Fsp3) is 0.500. The Bertz CT molecular complexity index is 543. The van der Waals surface area contributed by atoms with Crippen molar-refractivity contribution < 1.29 is 9.59 Å². The molecule has 1 aromatic rings. The molecule has 5 nitrogen and oxygen atoms in total. The number of amides is 2. The number of anilines is 1. The maximum atomic E-state index is 12.4. The van der Waals surface area contributed by atoms with Gasteiger partial charge in [-0.1, -0.05) is 24.6 Å². The van der Waals surface area contributed by atoms with E-state index in [1.807, 2.05) is 0 Å². The topological polar surface area (TPSA) is 76.3 Å². The van der Waals surface area contributed by atoms with Gasteiger partial charge in [-0.15, -0.1) is 0 Å². The molecular weight excluding hydrogens is 274 g/mol. The molecule has 2 fully saturated rings. The number of rotatable bonds is 3. The number of imide groups is 1. The Morgan fingerprint density at radius 2 is 2.05 bits per heavy atom. The van der Waals surface area contributed by atoms with Crippen molar-refractivity contribution in [2.45, 2.75) is 48.4 Å². The molecule has 106 valence electrons. The minimum atomic E-state index is -0.375. The van der Waals surface area contributed by atoms with Crippen molar-refractivity contribution in [1.82, 2.24) is 9.88 Å². The van der Waals surface area contributed by atoms with Crippen LogP contribution in [0.5, 0.6) is 0 Å². The average molecular weight is 291 g/mol. The first-order valence-corrected chi connectivity index (χ1v) is 7.78. The van der Waals surface area contributed by atoms with E-state index in [9.17, 15) is 9.59 Å². The highest BCUT2D eigenvalue weighted by atomic mass is 32.2. The summed E-state index contributed by atoms with van der Waals surface area (Å²) in [7, 11) is 0. The second-order valence-corrected chi connectivity index (χ2v) is 6.44. The van der Waals surface area contributed by atoms with Crippen LogP contribution in [0.25, 0.3) is 0 Å². The number of hydrogen-bond donors (Lipinski definition) is 1. The summed E-state index contributed by atoms with van der Waals surface area (Å²) in [5, 5.41) is 0.257. The van der Waals surface area contributed by atoms with Crippen LogP contribution in [0.4, 0.5) is 5.69 Å². The van der Waals surface area contributed by atoms with Crippen molar-refractivity contribution >= 4 is 29.3 Å². The van der Waals surface area contributed by atoms with Gasteiger partial charge in [-0.3, -0.25) is 14.5 Å². The van der Waals surface area contributed by atoms with Gasteiger partial charge in [-0.25, -0.2) is 4.98 Å². The first-order valence-electron chi connectivity index (χ1n) is 6.90. The van der Waals surface area contributed by atoms with Gasteiger partial charge >= 0.3 is 0 Å². The molecular formula is C14H17N3O2S. The molecule has 1 aliphatic carbocycles. The Labute approximate surface area is 121 Å². The molecule has 1 saturated carbocycles. The molecule has 6 heteroatoms. The van der Waals surface area contributed by atoms with Crippen molar-refractivity contribution in [3.63, 3.8) is 0 Å². The molecule has 2 aliphatic rings. The summed E-state index contributed by atoms with van der Waals surface area (Å²) in [5.74, 6) is -0.120. The third kappa shape index (κ3) is 2.40. The van der Waals surface area contributed by atoms with Gasteiger partial charge in [0.15, 0.2) is 0 Å². The quantitative estimate of drug-likeness (QED) is 0.860. The van der Waals surface area contributed by atoms with Crippen LogP contribution in [0, 0.1) is 0 Å². The first kappa shape index (κ1) is 13.4. The molecule has 0 aromatic carbocycles. The van der Waals surface area contributed by atoms with Crippen LogP contribution >= 0.6 is 11.8 Å². The molecule has 1 saturated heterocycles. The maximum absolute atomic E-state index is 12.4. The molecule has 2 amide bonds. The van der Waals surface area contributed by atoms with Gasteiger partial charge in [0.1, 0.15) is 5.03 Å². The summed E-state index contributed by atoms with van der Waals surface area (Å²) >= 11 is 1.30. The lowest BCUT2D eigenvalue weighted by Gasteiger charge is -2.21. The van der Waals surface area contributed by atoms with E-state index in [0.29, 0.717) is 10.7 Å². The number of aromatic nitrogens is 1. The van der Waals surface area contributed by atoms with Gasteiger partial charge in [-0.05, 0) is 25.0 Å². The van der Waals surface area contributed by atoms with E-state index in [1.54, 1.807) is 18.3 Å². The fourth-order valence-corrected chi connectivity index (χ4v) is 3.93. The predicted octanol–water partition coefficient (Wildman–Crippen LogP) is 1.83. The zero-order valence-electron chi connectivity index (χ0n) is 11.1. The van der Waals surface area contributed by atoms with Crippen LogP contribution in [-0.4, -0.2) is 33.0 Å². The standard InChI is InChI=1S/C14H17N3O2S/c15-10-6-3-7-16-13(10)20-11-8-12(18)17(14(11)19)9-4-1-2-5-9/h3,6-7,9,11H,1-2,4-5,8,15H2. The van der Waals surface area contributed by atoms with Gasteiger partial charge in [0.25, 0.3) is 0 Å². The van der Waals surface area contributed by atoms with E-state index in [2.05, 4.69) is 4.98 Å². The Hall–Kier alpha value is -1.56. The number of carbonyl (C=O) groups excluding carboxylic acids is 2. The Morgan fingerprint density at radius 3 is 2.75 bits per heavy atom. The van der Waals surface area contributed by atoms with Crippen LogP contribution in [0.2, 0.25) is 0 Å². The molecule has 0 bridgehead atoms. The second kappa shape index (κ2) is 5.44. The van der Waals surface area contributed by atoms with E-state index < -0.39 is 0 Å². The molecule has 1 aromatic heterocycles. The number of pyridine rings is 1. The van der Waals surface area contributed by atoms with Gasteiger partial charge in [0, 0.05) is 18.7 Å². The summed E-state index contributed by atoms with van der Waals surface area (Å²) in [6.45, 7) is 0. The fourth-order valence-electron chi connectivity index (χ4n) is 2.90. The molecule has 1 atom stereocenters. The Balaban J connectivity index is 1.74. The van der Waals surface area contributed by atoms with Crippen LogP contribution < -0.4 is 5.73 Å². The normalized spacial score (nSPS) is 23.8. The summed E-state index contributed by atoms with van der Waals surface area (Å²) in [5.41, 5.74) is 6.40. The van der Waals surface area contributed by atoms with E-state index in [0.717, 1.165) is 25.7 Å². The second-order valence-electron chi connectivity index (χ2n) is 5.25. The number of nitrogen functional groups attached to an aromatic ring is 1. The summed E-state index contributed by atoms with van der Waals surface area (Å²) in [4.78, 5) is 30.2. The van der Waals surface area contributed by atoms with Crippen LogP contribution in [-0.2, 0) is 9.59 Å². The van der Waals surface area contributed by atoms with Crippen LogP contribution in [0.1, 0.15) is 32.1 Å². The first-order chi connectivity index (χ1) is 9.66. The van der Waals surface area contributed by atoms with Crippen molar-refractivity contribution in [3.8, 4) is 0 Å². The zero-order chi connectivity index (χ0) is 14.1. The average Bonchev–Trinajstić information content (AvgIpc) is 3.02. The summed E-state index contributed by atoms with van der Waals surface area (Å²) < 4.78 is 0. The van der Waals surface area contributed by atoms with Crippen molar-refractivity contribution in [1.29, 1.82) is 0 Å². The lowest BCUT2D eigenvalue weighted by atomic mass is 10.2. The highest BCUT2D eigenvalue weighted by molar-refractivity contribution is 8.00. The lowest BCUT2D eigenvalue weighted by molar-refractivity contribution is -0.140. The highest BCUT2D eigenvalue weighted by Gasteiger charge is 2.43. The van der Waals surface area contributed by atoms with Gasteiger partial charge in [0.2, 0.25) is 11.8 Å². The number of nitrogens with two attached hydrogens (primary N) is 1. The van der Waals surface area contributed by atoms with E-state index in [4.69, 9.17) is 5.73 Å². The minimum Gasteiger partial charge on any atom is -0.397 e.